The third-order valence-electron chi connectivity index (χ3n) is 2.53. The summed E-state index contributed by atoms with van der Waals surface area (Å²) in [6.07, 6.45) is 0. The van der Waals surface area contributed by atoms with Crippen molar-refractivity contribution in [2.75, 3.05) is 0 Å². The Morgan fingerprint density at radius 2 is 1.85 bits per heavy atom. The molecule has 0 aromatic heterocycles. The zero-order valence-corrected chi connectivity index (χ0v) is 12.5. The summed E-state index contributed by atoms with van der Waals surface area (Å²) in [6, 6.07) is 3.67. The highest BCUT2D eigenvalue weighted by Gasteiger charge is 2.51. The number of hydrogen-bond acceptors (Lipinski definition) is 4. The molecule has 1 aromatic rings. The average Bonchev–Trinajstić information content (AvgIpc) is 2.27. The molecule has 0 aliphatic heterocycles. The number of halogens is 4. The van der Waals surface area contributed by atoms with Gasteiger partial charge in [-0.25, -0.2) is 9.18 Å². The first kappa shape index (κ1) is 16.7. The van der Waals surface area contributed by atoms with Crippen LogP contribution in [0.1, 0.15) is 24.2 Å². The molecule has 0 fully saturated rings. The molecule has 0 spiro atoms. The van der Waals surface area contributed by atoms with Crippen molar-refractivity contribution in [3.05, 3.63) is 33.1 Å². The van der Waals surface area contributed by atoms with Crippen molar-refractivity contribution in [1.29, 1.82) is 0 Å². The third-order valence-corrected chi connectivity index (χ3v) is 3.43. The predicted molar refractivity (Wildman–Crippen MR) is 68.6 cm³/mol. The molecule has 0 atom stereocenters. The molecule has 0 unspecified atom stereocenters. The minimum Gasteiger partial charge on any atom is -0.544 e. The van der Waals surface area contributed by atoms with Gasteiger partial charge in [0.2, 0.25) is 0 Å². The number of carboxylic acids is 1. The number of rotatable bonds is 4. The van der Waals surface area contributed by atoms with Gasteiger partial charge in [-0.05, 0) is 48.6 Å². The van der Waals surface area contributed by atoms with Crippen LogP contribution in [0.15, 0.2) is 18.2 Å². The van der Waals surface area contributed by atoms with Crippen molar-refractivity contribution in [2.45, 2.75) is 25.4 Å². The summed E-state index contributed by atoms with van der Waals surface area (Å²) in [7, 11) is 0. The fraction of sp³-hybridized carbons (Fsp3) is 0.333. The van der Waals surface area contributed by atoms with Crippen LogP contribution in [-0.2, 0) is 9.53 Å². The molecule has 0 aliphatic carbocycles. The number of esters is 1. The fourth-order valence-electron chi connectivity index (χ4n) is 1.29. The van der Waals surface area contributed by atoms with Crippen LogP contribution < -0.4 is 5.11 Å². The number of alkyl halides is 2. The van der Waals surface area contributed by atoms with E-state index in [1.807, 2.05) is 0 Å². The standard InChI is InChI=1S/C12H10F3IO4/c1-11(2,12(14,15)10(18)19)20-9(17)8-6(13)4-3-5-7(8)16/h3-5H,1-2H3,(H,18,19)/p-1. The molecule has 0 aliphatic rings. The van der Waals surface area contributed by atoms with Crippen molar-refractivity contribution < 1.29 is 32.6 Å². The Hall–Kier alpha value is -1.32. The number of carboxylic acid groups (broad SMARTS) is 1. The number of benzene rings is 1. The molecular formula is C12H9F3IO4-. The van der Waals surface area contributed by atoms with Gasteiger partial charge in [0.15, 0.2) is 5.60 Å². The lowest BCUT2D eigenvalue weighted by Gasteiger charge is -2.34. The maximum absolute atomic E-state index is 13.5. The zero-order chi connectivity index (χ0) is 15.7. The fourth-order valence-corrected chi connectivity index (χ4v) is 1.97. The van der Waals surface area contributed by atoms with Gasteiger partial charge in [0.1, 0.15) is 17.3 Å². The molecule has 1 rings (SSSR count). The Labute approximate surface area is 126 Å². The molecule has 0 bridgehead atoms. The van der Waals surface area contributed by atoms with Gasteiger partial charge in [0.25, 0.3) is 0 Å². The van der Waals surface area contributed by atoms with E-state index in [-0.39, 0.29) is 3.57 Å². The lowest BCUT2D eigenvalue weighted by molar-refractivity contribution is -0.341. The minimum atomic E-state index is -4.42. The molecule has 20 heavy (non-hydrogen) atoms. The van der Waals surface area contributed by atoms with E-state index in [2.05, 4.69) is 4.74 Å². The molecular weight excluding hydrogens is 392 g/mol. The number of aliphatic carboxylic acids is 1. The van der Waals surface area contributed by atoms with E-state index in [0.29, 0.717) is 13.8 Å². The predicted octanol–water partition coefficient (Wildman–Crippen LogP) is 1.75. The Morgan fingerprint density at radius 1 is 1.30 bits per heavy atom. The Kier molecular flexibility index (Phi) is 4.67. The van der Waals surface area contributed by atoms with Crippen LogP contribution in [0.3, 0.4) is 0 Å². The van der Waals surface area contributed by atoms with Gasteiger partial charge in [-0.1, -0.05) is 6.07 Å². The van der Waals surface area contributed by atoms with Crippen molar-refractivity contribution in [3.63, 3.8) is 0 Å². The van der Waals surface area contributed by atoms with E-state index in [0.717, 1.165) is 6.07 Å². The van der Waals surface area contributed by atoms with E-state index in [1.54, 1.807) is 22.6 Å². The largest absolute Gasteiger partial charge is 0.544 e. The summed E-state index contributed by atoms with van der Waals surface area (Å²) in [6.45, 7) is 1.41. The van der Waals surface area contributed by atoms with Gasteiger partial charge in [-0.2, -0.15) is 8.78 Å². The zero-order valence-electron chi connectivity index (χ0n) is 10.4. The second-order valence-electron chi connectivity index (χ2n) is 4.36. The van der Waals surface area contributed by atoms with Crippen LogP contribution in [0.5, 0.6) is 0 Å². The summed E-state index contributed by atoms with van der Waals surface area (Å²) in [5.41, 5.74) is -3.22. The first-order valence-electron chi connectivity index (χ1n) is 5.27. The molecule has 4 nitrogen and oxygen atoms in total. The summed E-state index contributed by atoms with van der Waals surface area (Å²) < 4.78 is 44.9. The molecule has 0 saturated heterocycles. The third kappa shape index (κ3) is 3.05. The first-order chi connectivity index (χ1) is 9.00. The van der Waals surface area contributed by atoms with Crippen LogP contribution in [0, 0.1) is 9.39 Å². The molecule has 0 heterocycles. The minimum absolute atomic E-state index is 0.153. The highest BCUT2D eigenvalue weighted by Crippen LogP contribution is 2.32. The van der Waals surface area contributed by atoms with E-state index in [9.17, 15) is 27.9 Å². The topological polar surface area (TPSA) is 66.4 Å². The normalized spacial score (nSPS) is 12.1. The molecule has 0 N–H and O–H groups in total. The second-order valence-corrected chi connectivity index (χ2v) is 5.52. The van der Waals surface area contributed by atoms with E-state index < -0.39 is 34.8 Å². The van der Waals surface area contributed by atoms with Crippen molar-refractivity contribution in [1.82, 2.24) is 0 Å². The molecule has 1 aromatic carbocycles. The number of carbonyl (C=O) groups is 2. The molecule has 0 radical (unpaired) electrons. The number of hydrogen-bond donors (Lipinski definition) is 0. The van der Waals surface area contributed by atoms with Crippen LogP contribution in [0.2, 0.25) is 0 Å². The average molecular weight is 401 g/mol. The number of ether oxygens (including phenoxy) is 1. The van der Waals surface area contributed by atoms with Crippen molar-refractivity contribution in [2.24, 2.45) is 0 Å². The summed E-state index contributed by atoms with van der Waals surface area (Å²) in [5, 5.41) is 10.4. The SMILES string of the molecule is CC(C)(OC(=O)c1c(F)cccc1I)C(F)(F)C(=O)[O-]. The van der Waals surface area contributed by atoms with Crippen LogP contribution in [0.25, 0.3) is 0 Å². The van der Waals surface area contributed by atoms with E-state index >= 15 is 0 Å². The Bertz CT molecular complexity index is 537. The van der Waals surface area contributed by atoms with Gasteiger partial charge < -0.3 is 14.6 Å². The van der Waals surface area contributed by atoms with Gasteiger partial charge in [-0.15, -0.1) is 0 Å². The van der Waals surface area contributed by atoms with E-state index in [4.69, 9.17) is 0 Å². The molecule has 8 heteroatoms. The van der Waals surface area contributed by atoms with Gasteiger partial charge >= 0.3 is 11.9 Å². The summed E-state index contributed by atoms with van der Waals surface area (Å²) in [4.78, 5) is 22.1. The smallest absolute Gasteiger partial charge is 0.342 e. The van der Waals surface area contributed by atoms with Gasteiger partial charge in [0, 0.05) is 3.57 Å². The van der Waals surface area contributed by atoms with Gasteiger partial charge in [0.05, 0.1) is 0 Å². The quantitative estimate of drug-likeness (QED) is 0.570. The summed E-state index contributed by atoms with van der Waals surface area (Å²) in [5.74, 6) is -9.43. The summed E-state index contributed by atoms with van der Waals surface area (Å²) >= 11 is 1.63. The van der Waals surface area contributed by atoms with Gasteiger partial charge in [-0.3, -0.25) is 0 Å². The Morgan fingerprint density at radius 3 is 2.30 bits per heavy atom. The van der Waals surface area contributed by atoms with Crippen molar-refractivity contribution >= 4 is 34.5 Å². The van der Waals surface area contributed by atoms with Crippen LogP contribution in [-0.4, -0.2) is 23.5 Å². The monoisotopic (exact) mass is 401 g/mol. The molecule has 0 amide bonds. The van der Waals surface area contributed by atoms with Crippen LogP contribution in [0.4, 0.5) is 13.2 Å². The van der Waals surface area contributed by atoms with Crippen molar-refractivity contribution in [3.8, 4) is 0 Å². The van der Waals surface area contributed by atoms with Crippen LogP contribution >= 0.6 is 22.6 Å². The maximum Gasteiger partial charge on any atom is 0.342 e. The highest BCUT2D eigenvalue weighted by atomic mass is 127. The molecule has 0 saturated carbocycles. The maximum atomic E-state index is 13.5. The second kappa shape index (κ2) is 5.58. The Balaban J connectivity index is 3.10. The molecule has 110 valence electrons. The van der Waals surface area contributed by atoms with E-state index in [1.165, 1.54) is 12.1 Å². The number of carbonyl (C=O) groups excluding carboxylic acids is 2. The highest BCUT2D eigenvalue weighted by molar-refractivity contribution is 14.1. The lowest BCUT2D eigenvalue weighted by Crippen LogP contribution is -2.57. The first-order valence-corrected chi connectivity index (χ1v) is 6.35. The lowest BCUT2D eigenvalue weighted by atomic mass is 10.0.